The van der Waals surface area contributed by atoms with Crippen molar-refractivity contribution in [3.63, 3.8) is 0 Å². The van der Waals surface area contributed by atoms with Crippen LogP contribution in [0, 0.1) is 6.92 Å². The first kappa shape index (κ1) is 18.9. The molecule has 0 bridgehead atoms. The van der Waals surface area contributed by atoms with Crippen LogP contribution in [0.25, 0.3) is 11.5 Å². The molecule has 0 radical (unpaired) electrons. The van der Waals surface area contributed by atoms with Gasteiger partial charge >= 0.3 is 0 Å². The first-order valence-electron chi connectivity index (χ1n) is 8.30. The predicted octanol–water partition coefficient (Wildman–Crippen LogP) is 2.17. The first-order valence-corrected chi connectivity index (χ1v) is 11.0. The van der Waals surface area contributed by atoms with Crippen LogP contribution in [-0.2, 0) is 14.6 Å². The monoisotopic (exact) mass is 395 g/mol. The molecule has 0 aliphatic carbocycles. The Morgan fingerprint density at radius 3 is 2.73 bits per heavy atom. The average Bonchev–Trinajstić information content (AvgIpc) is 3.20. The molecule has 0 saturated carbocycles. The minimum atomic E-state index is -3.03. The Balaban J connectivity index is 1.66. The summed E-state index contributed by atoms with van der Waals surface area (Å²) in [6.07, 6.45) is 0.486. The average molecular weight is 396 g/mol. The zero-order valence-corrected chi connectivity index (χ0v) is 16.5. The number of aromatic nitrogens is 2. The number of aryl methyl sites for hydroxylation is 1. The van der Waals surface area contributed by atoms with Crippen molar-refractivity contribution in [1.82, 2.24) is 15.1 Å². The number of amides is 1. The Hall–Kier alpha value is -1.87. The van der Waals surface area contributed by atoms with Gasteiger partial charge in [0.25, 0.3) is 5.22 Å². The van der Waals surface area contributed by atoms with Crippen LogP contribution in [0.3, 0.4) is 0 Å². The molecule has 1 saturated heterocycles. The van der Waals surface area contributed by atoms with Gasteiger partial charge in [0, 0.05) is 18.7 Å². The Labute approximate surface area is 157 Å². The lowest BCUT2D eigenvalue weighted by Gasteiger charge is -2.25. The number of sulfone groups is 1. The number of hydrogen-bond acceptors (Lipinski definition) is 7. The summed E-state index contributed by atoms with van der Waals surface area (Å²) >= 11 is 1.18. The molecule has 1 amide bonds. The second-order valence-electron chi connectivity index (χ2n) is 6.45. The Morgan fingerprint density at radius 2 is 2.08 bits per heavy atom. The molecule has 1 aromatic heterocycles. The number of nitrogens with zero attached hydrogens (tertiary/aromatic N) is 3. The van der Waals surface area contributed by atoms with E-state index in [1.165, 1.54) is 16.7 Å². The Bertz CT molecular complexity index is 910. The third kappa shape index (κ3) is 4.09. The van der Waals surface area contributed by atoms with Gasteiger partial charge in [-0.2, -0.15) is 0 Å². The van der Waals surface area contributed by atoms with Crippen LogP contribution in [0.1, 0.15) is 18.9 Å². The molecule has 0 unspecified atom stereocenters. The maximum Gasteiger partial charge on any atom is 0.277 e. The Morgan fingerprint density at radius 1 is 1.35 bits per heavy atom. The van der Waals surface area contributed by atoms with Gasteiger partial charge < -0.3 is 9.32 Å². The highest BCUT2D eigenvalue weighted by Gasteiger charge is 2.34. The largest absolute Gasteiger partial charge is 0.411 e. The van der Waals surface area contributed by atoms with Crippen molar-refractivity contribution in [2.45, 2.75) is 36.8 Å². The quantitative estimate of drug-likeness (QED) is 0.716. The number of carbonyl (C=O) groups is 1. The fourth-order valence-electron chi connectivity index (χ4n) is 2.93. The van der Waals surface area contributed by atoms with Crippen molar-refractivity contribution < 1.29 is 17.6 Å². The third-order valence-corrected chi connectivity index (χ3v) is 7.18. The van der Waals surface area contributed by atoms with E-state index in [0.29, 0.717) is 17.5 Å². The highest BCUT2D eigenvalue weighted by atomic mass is 32.2. The molecule has 1 aliphatic rings. The second kappa shape index (κ2) is 7.40. The van der Waals surface area contributed by atoms with Gasteiger partial charge in [0.1, 0.15) is 0 Å². The summed E-state index contributed by atoms with van der Waals surface area (Å²) in [4.78, 5) is 14.1. The molecule has 0 N–H and O–H groups in total. The topological polar surface area (TPSA) is 93.4 Å². The van der Waals surface area contributed by atoms with Crippen LogP contribution in [0.2, 0.25) is 0 Å². The van der Waals surface area contributed by atoms with Gasteiger partial charge in [-0.25, -0.2) is 8.42 Å². The smallest absolute Gasteiger partial charge is 0.277 e. The first-order chi connectivity index (χ1) is 12.3. The van der Waals surface area contributed by atoms with Crippen LogP contribution >= 0.6 is 11.8 Å². The van der Waals surface area contributed by atoms with E-state index in [0.717, 1.165) is 11.1 Å². The van der Waals surface area contributed by atoms with E-state index in [4.69, 9.17) is 4.42 Å². The van der Waals surface area contributed by atoms with E-state index in [-0.39, 0.29) is 23.5 Å². The summed E-state index contributed by atoms with van der Waals surface area (Å²) in [5.41, 5.74) is 1.89. The summed E-state index contributed by atoms with van der Waals surface area (Å²) < 4.78 is 28.9. The van der Waals surface area contributed by atoms with Crippen molar-refractivity contribution in [2.24, 2.45) is 0 Å². The molecule has 9 heteroatoms. The van der Waals surface area contributed by atoms with Gasteiger partial charge in [-0.15, -0.1) is 10.2 Å². The van der Waals surface area contributed by atoms with Crippen LogP contribution < -0.4 is 0 Å². The lowest BCUT2D eigenvalue weighted by molar-refractivity contribution is -0.130. The van der Waals surface area contributed by atoms with Crippen molar-refractivity contribution in [3.8, 4) is 11.5 Å². The highest BCUT2D eigenvalue weighted by Crippen LogP contribution is 2.29. The van der Waals surface area contributed by atoms with E-state index in [2.05, 4.69) is 10.2 Å². The van der Waals surface area contributed by atoms with Crippen LogP contribution in [0.5, 0.6) is 0 Å². The zero-order chi connectivity index (χ0) is 18.9. The summed E-state index contributed by atoms with van der Waals surface area (Å²) in [5.74, 6) is 0.443. The van der Waals surface area contributed by atoms with E-state index in [1.807, 2.05) is 31.2 Å². The Kier molecular flexibility index (Phi) is 5.38. The normalized spacial score (nSPS) is 20.0. The van der Waals surface area contributed by atoms with Crippen molar-refractivity contribution in [3.05, 3.63) is 29.8 Å². The van der Waals surface area contributed by atoms with E-state index < -0.39 is 15.1 Å². The fourth-order valence-corrected chi connectivity index (χ4v) is 5.49. The number of carbonyl (C=O) groups excluding carboxylic acids is 1. The molecule has 1 fully saturated rings. The molecule has 3 rings (SSSR count). The van der Waals surface area contributed by atoms with Crippen molar-refractivity contribution in [1.29, 1.82) is 0 Å². The minimum absolute atomic E-state index is 0.0324. The van der Waals surface area contributed by atoms with E-state index in [9.17, 15) is 13.2 Å². The standard InChI is InChI=1S/C17H21N3O4S2/c1-11-6-4-5-7-14(11)15-18-19-17(24-15)25-12(2)16(21)20(3)13-8-9-26(22,23)10-13/h4-7,12-13H,8-10H2,1-3H3/t12-,13+/m0/s1. The zero-order valence-electron chi connectivity index (χ0n) is 14.9. The molecule has 140 valence electrons. The highest BCUT2D eigenvalue weighted by molar-refractivity contribution is 8.00. The van der Waals surface area contributed by atoms with Gasteiger partial charge in [-0.3, -0.25) is 4.79 Å². The molecule has 2 atom stereocenters. The summed E-state index contributed by atoms with van der Waals surface area (Å²) in [7, 11) is -1.38. The molecular formula is C17H21N3O4S2. The summed E-state index contributed by atoms with van der Waals surface area (Å²) in [5, 5.41) is 7.94. The minimum Gasteiger partial charge on any atom is -0.411 e. The number of thioether (sulfide) groups is 1. The van der Waals surface area contributed by atoms with Crippen molar-refractivity contribution >= 4 is 27.5 Å². The SMILES string of the molecule is Cc1ccccc1-c1nnc(S[C@@H](C)C(=O)N(C)[C@@H]2CCS(=O)(=O)C2)o1. The summed E-state index contributed by atoms with van der Waals surface area (Å²) in [6.45, 7) is 3.72. The molecule has 1 aliphatic heterocycles. The van der Waals surface area contributed by atoms with E-state index >= 15 is 0 Å². The van der Waals surface area contributed by atoms with Crippen LogP contribution in [0.4, 0.5) is 0 Å². The fraction of sp³-hybridized carbons (Fsp3) is 0.471. The summed E-state index contributed by atoms with van der Waals surface area (Å²) in [6, 6.07) is 7.44. The van der Waals surface area contributed by atoms with E-state index in [1.54, 1.807) is 14.0 Å². The van der Waals surface area contributed by atoms with Gasteiger partial charge in [0.15, 0.2) is 9.84 Å². The molecule has 26 heavy (non-hydrogen) atoms. The van der Waals surface area contributed by atoms with Gasteiger partial charge in [-0.05, 0) is 31.9 Å². The molecule has 1 aromatic carbocycles. The predicted molar refractivity (Wildman–Crippen MR) is 99.6 cm³/mol. The second-order valence-corrected chi connectivity index (χ2v) is 9.97. The maximum atomic E-state index is 12.6. The van der Waals surface area contributed by atoms with Crippen molar-refractivity contribution in [2.75, 3.05) is 18.6 Å². The molecular weight excluding hydrogens is 374 g/mol. The third-order valence-electron chi connectivity index (χ3n) is 4.51. The van der Waals surface area contributed by atoms with Crippen LogP contribution in [-0.4, -0.2) is 59.3 Å². The van der Waals surface area contributed by atoms with Crippen LogP contribution in [0.15, 0.2) is 33.9 Å². The van der Waals surface area contributed by atoms with Gasteiger partial charge in [-0.1, -0.05) is 30.0 Å². The molecule has 2 aromatic rings. The molecule has 7 nitrogen and oxygen atoms in total. The van der Waals surface area contributed by atoms with Gasteiger partial charge in [0.2, 0.25) is 11.8 Å². The maximum absolute atomic E-state index is 12.6. The molecule has 2 heterocycles. The molecule has 0 spiro atoms. The lowest BCUT2D eigenvalue weighted by Crippen LogP contribution is -2.41. The number of hydrogen-bond donors (Lipinski definition) is 0. The lowest BCUT2D eigenvalue weighted by atomic mass is 10.1. The van der Waals surface area contributed by atoms with Gasteiger partial charge in [0.05, 0.1) is 16.8 Å². The number of benzene rings is 1. The number of rotatable bonds is 5.